The van der Waals surface area contributed by atoms with Crippen LogP contribution in [-0.2, 0) is 22.6 Å². The Labute approximate surface area is 258 Å². The summed E-state index contributed by atoms with van der Waals surface area (Å²) in [6.45, 7) is 1.03. The number of carbonyl (C=O) groups is 1. The first-order valence-electron chi connectivity index (χ1n) is 13.8. The molecule has 3 aromatic rings. The number of amides is 1. The molecule has 0 aliphatic heterocycles. The van der Waals surface area contributed by atoms with Crippen LogP contribution in [0.25, 0.3) is 0 Å². The van der Waals surface area contributed by atoms with Gasteiger partial charge in [-0.15, -0.1) is 0 Å². The van der Waals surface area contributed by atoms with Crippen molar-refractivity contribution in [1.82, 2.24) is 24.5 Å². The van der Waals surface area contributed by atoms with E-state index in [0.717, 1.165) is 29.2 Å². The van der Waals surface area contributed by atoms with Crippen LogP contribution in [0.1, 0.15) is 39.5 Å². The van der Waals surface area contributed by atoms with Crippen molar-refractivity contribution in [1.29, 1.82) is 0 Å². The van der Waals surface area contributed by atoms with Gasteiger partial charge in [-0.05, 0) is 44.3 Å². The molecule has 4 rings (SSSR count). The van der Waals surface area contributed by atoms with Gasteiger partial charge in [-0.2, -0.15) is 22.5 Å². The number of rotatable bonds is 12. The highest BCUT2D eigenvalue weighted by Gasteiger charge is 2.43. The van der Waals surface area contributed by atoms with Crippen LogP contribution in [0.3, 0.4) is 0 Å². The average molecular weight is 655 g/mol. The zero-order valence-electron chi connectivity index (χ0n) is 25.3. The van der Waals surface area contributed by atoms with Crippen LogP contribution < -0.4 is 20.1 Å². The van der Waals surface area contributed by atoms with Gasteiger partial charge < -0.3 is 25.0 Å². The summed E-state index contributed by atoms with van der Waals surface area (Å²) < 4.78 is 94.2. The van der Waals surface area contributed by atoms with E-state index in [2.05, 4.69) is 20.6 Å². The maximum absolute atomic E-state index is 15.0. The van der Waals surface area contributed by atoms with Crippen molar-refractivity contribution in [2.45, 2.75) is 31.2 Å². The van der Waals surface area contributed by atoms with E-state index in [4.69, 9.17) is 9.47 Å². The molecule has 11 nitrogen and oxygen atoms in total. The zero-order valence-corrected chi connectivity index (χ0v) is 26.1. The Bertz CT molecular complexity index is 1650. The second-order valence-electron chi connectivity index (χ2n) is 10.8. The van der Waals surface area contributed by atoms with Gasteiger partial charge in [-0.1, -0.05) is 24.3 Å². The number of alkyl halides is 3. The predicted molar refractivity (Wildman–Crippen MR) is 159 cm³/mol. The standard InChI is InChI=1S/C29H34F4N6O5S/c1-38(2)12-8-11-34-26(40)19-14-23(43-4)22(15-21(19)30)36-28-35-16-20(29(31,32)33)27(37-28)44-24-13-17-9-6-7-10-18(17)25(24)39(3)45(5,41)42/h6-7,9-10,14-16,24-25H,8,11-13H2,1-5H3,(H,34,40)(H,35,36,37)/t24-,25-/m1/s1. The second-order valence-corrected chi connectivity index (χ2v) is 12.8. The number of carbonyl (C=O) groups excluding carboxylic acids is 1. The number of ether oxygens (including phenoxy) is 2. The number of nitrogens with zero attached hydrogens (tertiary/aromatic N) is 4. The number of hydrogen-bond donors (Lipinski definition) is 2. The molecule has 0 radical (unpaired) electrons. The number of aromatic nitrogens is 2. The SMILES string of the molecule is COc1cc(C(=O)NCCCN(C)C)c(F)cc1Nc1ncc(C(F)(F)F)c(O[C@@H]2Cc3ccccc3[C@H]2N(C)S(C)(=O)=O)n1. The highest BCUT2D eigenvalue weighted by Crippen LogP contribution is 2.42. The molecular formula is C29H34F4N6O5S. The lowest BCUT2D eigenvalue weighted by molar-refractivity contribution is -0.140. The van der Waals surface area contributed by atoms with Crippen molar-refractivity contribution in [2.24, 2.45) is 0 Å². The van der Waals surface area contributed by atoms with E-state index < -0.39 is 51.5 Å². The molecule has 1 amide bonds. The molecular weight excluding hydrogens is 620 g/mol. The molecule has 244 valence electrons. The summed E-state index contributed by atoms with van der Waals surface area (Å²) in [6, 6.07) is 8.04. The Hall–Kier alpha value is -4.02. The van der Waals surface area contributed by atoms with Crippen LogP contribution in [0.4, 0.5) is 29.2 Å². The monoisotopic (exact) mass is 654 g/mol. The molecule has 2 N–H and O–H groups in total. The maximum atomic E-state index is 15.0. The number of halogens is 4. The molecule has 0 saturated carbocycles. The van der Waals surface area contributed by atoms with Crippen molar-refractivity contribution >= 4 is 27.6 Å². The van der Waals surface area contributed by atoms with Gasteiger partial charge >= 0.3 is 6.18 Å². The average Bonchev–Trinajstić information content (AvgIpc) is 3.31. The summed E-state index contributed by atoms with van der Waals surface area (Å²) in [5.74, 6) is -2.81. The van der Waals surface area contributed by atoms with Gasteiger partial charge in [0.25, 0.3) is 5.91 Å². The van der Waals surface area contributed by atoms with Crippen LogP contribution in [0.2, 0.25) is 0 Å². The Balaban J connectivity index is 1.64. The van der Waals surface area contributed by atoms with Crippen molar-refractivity contribution < 1.29 is 40.2 Å². The molecule has 1 aromatic heterocycles. The summed E-state index contributed by atoms with van der Waals surface area (Å²) in [5, 5.41) is 5.27. The summed E-state index contributed by atoms with van der Waals surface area (Å²) in [6.07, 6.45) is -3.71. The molecule has 0 spiro atoms. The van der Waals surface area contributed by atoms with Gasteiger partial charge in [-0.25, -0.2) is 17.8 Å². The van der Waals surface area contributed by atoms with E-state index in [0.29, 0.717) is 30.3 Å². The number of likely N-dealkylation sites (N-methyl/N-ethyl adjacent to an activating group) is 1. The van der Waals surface area contributed by atoms with Crippen LogP contribution in [0.5, 0.6) is 11.6 Å². The Kier molecular flexibility index (Phi) is 10.2. The van der Waals surface area contributed by atoms with Crippen LogP contribution in [-0.4, -0.2) is 87.2 Å². The number of fused-ring (bicyclic) bond motifs is 1. The minimum Gasteiger partial charge on any atom is -0.495 e. The predicted octanol–water partition coefficient (Wildman–Crippen LogP) is 4.00. The third-order valence-electron chi connectivity index (χ3n) is 7.23. The Morgan fingerprint density at radius 3 is 2.51 bits per heavy atom. The summed E-state index contributed by atoms with van der Waals surface area (Å²) in [7, 11) is 2.60. The summed E-state index contributed by atoms with van der Waals surface area (Å²) in [5.41, 5.74) is -0.331. The van der Waals surface area contributed by atoms with E-state index in [1.54, 1.807) is 24.3 Å². The van der Waals surface area contributed by atoms with Crippen LogP contribution >= 0.6 is 0 Å². The van der Waals surface area contributed by atoms with Crippen molar-refractivity contribution in [3.8, 4) is 11.6 Å². The quantitative estimate of drug-likeness (QED) is 0.220. The first-order chi connectivity index (χ1) is 21.1. The van der Waals surface area contributed by atoms with Gasteiger partial charge in [0.05, 0.1) is 30.7 Å². The fraction of sp³-hybridized carbons (Fsp3) is 0.414. The lowest BCUT2D eigenvalue weighted by Crippen LogP contribution is -2.38. The van der Waals surface area contributed by atoms with E-state index in [-0.39, 0.29) is 29.4 Å². The fourth-order valence-electron chi connectivity index (χ4n) is 4.94. The van der Waals surface area contributed by atoms with Gasteiger partial charge in [0.1, 0.15) is 23.2 Å². The lowest BCUT2D eigenvalue weighted by Gasteiger charge is -2.29. The number of anilines is 2. The fourth-order valence-corrected chi connectivity index (χ4v) is 5.60. The largest absolute Gasteiger partial charge is 0.495 e. The van der Waals surface area contributed by atoms with Gasteiger partial charge in [-0.3, -0.25) is 4.79 Å². The number of benzene rings is 2. The summed E-state index contributed by atoms with van der Waals surface area (Å²) in [4.78, 5) is 22.2. The van der Waals surface area contributed by atoms with E-state index in [9.17, 15) is 26.4 Å². The molecule has 16 heteroatoms. The van der Waals surface area contributed by atoms with Crippen molar-refractivity contribution in [2.75, 3.05) is 52.9 Å². The minimum absolute atomic E-state index is 0.00175. The number of hydrogen-bond acceptors (Lipinski definition) is 9. The van der Waals surface area contributed by atoms with E-state index in [1.165, 1.54) is 14.2 Å². The highest BCUT2D eigenvalue weighted by molar-refractivity contribution is 7.88. The van der Waals surface area contributed by atoms with E-state index >= 15 is 4.39 Å². The van der Waals surface area contributed by atoms with Gasteiger partial charge in [0.2, 0.25) is 21.9 Å². The lowest BCUT2D eigenvalue weighted by atomic mass is 10.1. The smallest absolute Gasteiger partial charge is 0.423 e. The van der Waals surface area contributed by atoms with Gasteiger partial charge in [0.15, 0.2) is 0 Å². The second kappa shape index (κ2) is 13.5. The molecule has 1 aliphatic rings. The normalized spacial score (nSPS) is 16.5. The number of nitrogens with one attached hydrogen (secondary N) is 2. The molecule has 1 aliphatic carbocycles. The Morgan fingerprint density at radius 2 is 1.87 bits per heavy atom. The molecule has 2 atom stereocenters. The zero-order chi connectivity index (χ0) is 33.1. The molecule has 0 unspecified atom stereocenters. The first-order valence-corrected chi connectivity index (χ1v) is 15.6. The van der Waals surface area contributed by atoms with Gasteiger partial charge in [0, 0.05) is 32.3 Å². The number of methoxy groups -OCH3 is 1. The molecule has 0 fully saturated rings. The van der Waals surface area contributed by atoms with Crippen LogP contribution in [0, 0.1) is 5.82 Å². The minimum atomic E-state index is -4.91. The highest BCUT2D eigenvalue weighted by atomic mass is 32.2. The summed E-state index contributed by atoms with van der Waals surface area (Å²) >= 11 is 0. The third kappa shape index (κ3) is 7.99. The van der Waals surface area contributed by atoms with Crippen LogP contribution in [0.15, 0.2) is 42.6 Å². The first kappa shape index (κ1) is 33.9. The van der Waals surface area contributed by atoms with E-state index in [1.807, 2.05) is 19.0 Å². The molecule has 0 bridgehead atoms. The van der Waals surface area contributed by atoms with Crippen molar-refractivity contribution in [3.63, 3.8) is 0 Å². The maximum Gasteiger partial charge on any atom is 0.423 e. The molecule has 45 heavy (non-hydrogen) atoms. The Morgan fingerprint density at radius 1 is 1.16 bits per heavy atom. The molecule has 0 saturated heterocycles. The third-order valence-corrected chi connectivity index (χ3v) is 8.51. The molecule has 1 heterocycles. The number of sulfonamides is 1. The van der Waals surface area contributed by atoms with Crippen molar-refractivity contribution in [3.05, 3.63) is 70.7 Å². The topological polar surface area (TPSA) is 126 Å². The molecule has 2 aromatic carbocycles.